The number of nitrogen functional groups attached to an aromatic ring is 1. The van der Waals surface area contributed by atoms with E-state index in [0.29, 0.717) is 18.8 Å². The number of hydrogen-bond acceptors (Lipinski definition) is 4. The van der Waals surface area contributed by atoms with Crippen molar-refractivity contribution in [1.29, 1.82) is 0 Å². The lowest BCUT2D eigenvalue weighted by Crippen LogP contribution is -2.30. The largest absolute Gasteiger partial charge is 0.398 e. The molecule has 2 rings (SSSR count). The standard InChI is InChI=1S/C16H20N2O2/c17-15-7-3-1-5-13(15)14-6-2-4-8-16(14)18(9-11-19)10-12-20/h1-8,19-20H,9-12,17H2. The van der Waals surface area contributed by atoms with E-state index in [1.165, 1.54) is 0 Å². The molecule has 0 unspecified atom stereocenters. The van der Waals surface area contributed by atoms with Crippen LogP contribution in [0, 0.1) is 0 Å². The lowest BCUT2D eigenvalue weighted by Gasteiger charge is -2.26. The van der Waals surface area contributed by atoms with Crippen molar-refractivity contribution in [2.24, 2.45) is 0 Å². The molecule has 0 heterocycles. The molecule has 2 aromatic carbocycles. The normalized spacial score (nSPS) is 10.5. The zero-order chi connectivity index (χ0) is 14.4. The van der Waals surface area contributed by atoms with Crippen LogP contribution in [0.25, 0.3) is 11.1 Å². The summed E-state index contributed by atoms with van der Waals surface area (Å²) in [6.45, 7) is 1.03. The van der Waals surface area contributed by atoms with Gasteiger partial charge < -0.3 is 20.8 Å². The van der Waals surface area contributed by atoms with Crippen molar-refractivity contribution < 1.29 is 10.2 Å². The van der Waals surface area contributed by atoms with E-state index in [1.807, 2.05) is 53.4 Å². The maximum Gasteiger partial charge on any atom is 0.0606 e. The van der Waals surface area contributed by atoms with E-state index < -0.39 is 0 Å². The zero-order valence-electron chi connectivity index (χ0n) is 11.4. The van der Waals surface area contributed by atoms with Crippen LogP contribution in [0.4, 0.5) is 11.4 Å². The van der Waals surface area contributed by atoms with Gasteiger partial charge in [-0.2, -0.15) is 0 Å². The first-order valence-corrected chi connectivity index (χ1v) is 6.68. The highest BCUT2D eigenvalue weighted by Crippen LogP contribution is 2.33. The van der Waals surface area contributed by atoms with E-state index in [-0.39, 0.29) is 13.2 Å². The summed E-state index contributed by atoms with van der Waals surface area (Å²) in [6, 6.07) is 15.6. The highest BCUT2D eigenvalue weighted by molar-refractivity contribution is 5.85. The fourth-order valence-corrected chi connectivity index (χ4v) is 2.31. The van der Waals surface area contributed by atoms with Gasteiger partial charge in [-0.25, -0.2) is 0 Å². The van der Waals surface area contributed by atoms with Gasteiger partial charge in [0.15, 0.2) is 0 Å². The van der Waals surface area contributed by atoms with Gasteiger partial charge in [0.1, 0.15) is 0 Å². The number of benzene rings is 2. The monoisotopic (exact) mass is 272 g/mol. The molecular weight excluding hydrogens is 252 g/mol. The minimum absolute atomic E-state index is 0.0403. The van der Waals surface area contributed by atoms with Crippen LogP contribution in [-0.2, 0) is 0 Å². The zero-order valence-corrected chi connectivity index (χ0v) is 11.4. The molecule has 106 valence electrons. The summed E-state index contributed by atoms with van der Waals surface area (Å²) < 4.78 is 0. The number of para-hydroxylation sites is 2. The fraction of sp³-hybridized carbons (Fsp3) is 0.250. The third-order valence-corrected chi connectivity index (χ3v) is 3.24. The predicted octanol–water partition coefficient (Wildman–Crippen LogP) is 1.73. The van der Waals surface area contributed by atoms with Gasteiger partial charge in [0.05, 0.1) is 13.2 Å². The Balaban J connectivity index is 2.47. The van der Waals surface area contributed by atoms with Gasteiger partial charge in [0.2, 0.25) is 0 Å². The first-order valence-electron chi connectivity index (χ1n) is 6.68. The first kappa shape index (κ1) is 14.4. The molecule has 20 heavy (non-hydrogen) atoms. The quantitative estimate of drug-likeness (QED) is 0.700. The van der Waals surface area contributed by atoms with Crippen molar-refractivity contribution >= 4 is 11.4 Å². The molecule has 0 aromatic heterocycles. The Bertz CT molecular complexity index is 552. The summed E-state index contributed by atoms with van der Waals surface area (Å²) in [5.74, 6) is 0. The number of aliphatic hydroxyl groups excluding tert-OH is 2. The summed E-state index contributed by atoms with van der Waals surface area (Å²) >= 11 is 0. The van der Waals surface area contributed by atoms with Gasteiger partial charge in [-0.15, -0.1) is 0 Å². The number of aliphatic hydroxyl groups is 2. The number of nitrogens with two attached hydrogens (primary N) is 1. The Labute approximate surface area is 119 Å². The molecule has 4 N–H and O–H groups in total. The molecule has 2 aromatic rings. The molecule has 0 atom stereocenters. The summed E-state index contributed by atoms with van der Waals surface area (Å²) in [5.41, 5.74) is 9.70. The highest BCUT2D eigenvalue weighted by Gasteiger charge is 2.12. The van der Waals surface area contributed by atoms with E-state index in [2.05, 4.69) is 0 Å². The minimum Gasteiger partial charge on any atom is -0.398 e. The number of rotatable bonds is 6. The van der Waals surface area contributed by atoms with E-state index in [9.17, 15) is 10.2 Å². The van der Waals surface area contributed by atoms with Crippen molar-refractivity contribution in [2.45, 2.75) is 0 Å². The fourth-order valence-electron chi connectivity index (χ4n) is 2.31. The molecule has 0 saturated heterocycles. The maximum absolute atomic E-state index is 9.19. The van der Waals surface area contributed by atoms with E-state index in [0.717, 1.165) is 16.8 Å². The van der Waals surface area contributed by atoms with Crippen LogP contribution in [0.1, 0.15) is 0 Å². The second-order valence-electron chi connectivity index (χ2n) is 4.54. The molecule has 0 bridgehead atoms. The SMILES string of the molecule is Nc1ccccc1-c1ccccc1N(CCO)CCO. The van der Waals surface area contributed by atoms with Gasteiger partial charge >= 0.3 is 0 Å². The molecule has 4 nitrogen and oxygen atoms in total. The van der Waals surface area contributed by atoms with Crippen LogP contribution in [-0.4, -0.2) is 36.5 Å². The average molecular weight is 272 g/mol. The maximum atomic E-state index is 9.19. The van der Waals surface area contributed by atoms with E-state index >= 15 is 0 Å². The van der Waals surface area contributed by atoms with Gasteiger partial charge in [-0.05, 0) is 12.1 Å². The molecule has 0 aliphatic heterocycles. The molecule has 0 aliphatic rings. The Kier molecular flexibility index (Phi) is 4.98. The van der Waals surface area contributed by atoms with E-state index in [4.69, 9.17) is 5.73 Å². The smallest absolute Gasteiger partial charge is 0.0606 e. The van der Waals surface area contributed by atoms with Crippen LogP contribution < -0.4 is 10.6 Å². The number of hydrogen-bond donors (Lipinski definition) is 3. The molecule has 0 saturated carbocycles. The third-order valence-electron chi connectivity index (χ3n) is 3.24. The summed E-state index contributed by atoms with van der Waals surface area (Å²) in [5, 5.41) is 18.4. The Morgan fingerprint density at radius 1 is 0.800 bits per heavy atom. The van der Waals surface area contributed by atoms with Crippen LogP contribution in [0.2, 0.25) is 0 Å². The lowest BCUT2D eigenvalue weighted by molar-refractivity contribution is 0.281. The summed E-state index contributed by atoms with van der Waals surface area (Å²) in [7, 11) is 0. The second-order valence-corrected chi connectivity index (χ2v) is 4.54. The molecule has 0 fully saturated rings. The third kappa shape index (κ3) is 3.10. The highest BCUT2D eigenvalue weighted by atomic mass is 16.3. The summed E-state index contributed by atoms with van der Waals surface area (Å²) in [4.78, 5) is 1.96. The van der Waals surface area contributed by atoms with E-state index in [1.54, 1.807) is 0 Å². The Hall–Kier alpha value is -2.04. The van der Waals surface area contributed by atoms with Gasteiger partial charge in [-0.3, -0.25) is 0 Å². The summed E-state index contributed by atoms with van der Waals surface area (Å²) in [6.07, 6.45) is 0. The van der Waals surface area contributed by atoms with Crippen LogP contribution in [0.3, 0.4) is 0 Å². The van der Waals surface area contributed by atoms with Crippen LogP contribution >= 0.6 is 0 Å². The Morgan fingerprint density at radius 2 is 1.35 bits per heavy atom. The predicted molar refractivity (Wildman–Crippen MR) is 82.7 cm³/mol. The van der Waals surface area contributed by atoms with Gasteiger partial charge in [0, 0.05) is 35.6 Å². The minimum atomic E-state index is 0.0403. The number of anilines is 2. The van der Waals surface area contributed by atoms with Crippen LogP contribution in [0.5, 0.6) is 0 Å². The van der Waals surface area contributed by atoms with Crippen molar-refractivity contribution in [1.82, 2.24) is 0 Å². The first-order chi connectivity index (χ1) is 9.77. The second kappa shape index (κ2) is 6.93. The van der Waals surface area contributed by atoms with Gasteiger partial charge in [-0.1, -0.05) is 36.4 Å². The molecule has 0 amide bonds. The molecule has 0 aliphatic carbocycles. The van der Waals surface area contributed by atoms with Crippen LogP contribution in [0.15, 0.2) is 48.5 Å². The molecule has 0 spiro atoms. The molecular formula is C16H20N2O2. The van der Waals surface area contributed by atoms with Crippen molar-refractivity contribution in [2.75, 3.05) is 36.9 Å². The lowest BCUT2D eigenvalue weighted by atomic mass is 10.0. The van der Waals surface area contributed by atoms with Crippen molar-refractivity contribution in [3.63, 3.8) is 0 Å². The topological polar surface area (TPSA) is 69.7 Å². The van der Waals surface area contributed by atoms with Gasteiger partial charge in [0.25, 0.3) is 0 Å². The molecule has 4 heteroatoms. The van der Waals surface area contributed by atoms with Crippen molar-refractivity contribution in [3.05, 3.63) is 48.5 Å². The Morgan fingerprint density at radius 3 is 1.95 bits per heavy atom. The number of nitrogens with zero attached hydrogens (tertiary/aromatic N) is 1. The molecule has 0 radical (unpaired) electrons. The van der Waals surface area contributed by atoms with Crippen molar-refractivity contribution in [3.8, 4) is 11.1 Å². The average Bonchev–Trinajstić information content (AvgIpc) is 2.48.